The number of nitrogens with one attached hydrogen (secondary N) is 1. The molecule has 0 saturated carbocycles. The predicted molar refractivity (Wildman–Crippen MR) is 72.3 cm³/mol. The molecule has 1 aromatic carbocycles. The summed E-state index contributed by atoms with van der Waals surface area (Å²) in [7, 11) is 0. The molecule has 0 aliphatic heterocycles. The number of hydrogen-bond acceptors (Lipinski definition) is 5. The third-order valence-electron chi connectivity index (χ3n) is 2.77. The van der Waals surface area contributed by atoms with Crippen LogP contribution in [0.5, 0.6) is 5.75 Å². The van der Waals surface area contributed by atoms with Crippen LogP contribution in [0.3, 0.4) is 0 Å². The zero-order chi connectivity index (χ0) is 15.6. The molecule has 3 aromatic rings. The number of ether oxygens (including phenoxy) is 1. The van der Waals surface area contributed by atoms with Gasteiger partial charge in [0.1, 0.15) is 5.75 Å². The van der Waals surface area contributed by atoms with Crippen molar-refractivity contribution in [2.24, 2.45) is 0 Å². The van der Waals surface area contributed by atoms with Crippen LogP contribution in [0.1, 0.15) is 5.56 Å². The van der Waals surface area contributed by atoms with Crippen molar-refractivity contribution in [2.75, 3.05) is 5.32 Å². The second-order valence-corrected chi connectivity index (χ2v) is 4.39. The minimum atomic E-state index is -4.69. The highest BCUT2D eigenvalue weighted by atomic mass is 19.4. The lowest BCUT2D eigenvalue weighted by molar-refractivity contribution is -0.274. The van der Waals surface area contributed by atoms with Gasteiger partial charge in [0.15, 0.2) is 5.58 Å². The predicted octanol–water partition coefficient (Wildman–Crippen LogP) is 3.73. The molecular weight excluding hydrogens is 299 g/mol. The van der Waals surface area contributed by atoms with E-state index in [9.17, 15) is 13.2 Å². The number of benzene rings is 1. The van der Waals surface area contributed by atoms with Gasteiger partial charge in [-0.25, -0.2) is 4.98 Å². The Morgan fingerprint density at radius 3 is 2.59 bits per heavy atom. The normalized spacial score (nSPS) is 11.6. The zero-order valence-electron chi connectivity index (χ0n) is 11.1. The van der Waals surface area contributed by atoms with Gasteiger partial charge in [-0.1, -0.05) is 12.1 Å². The number of hydrogen-bond donors (Lipinski definition) is 1. The van der Waals surface area contributed by atoms with Gasteiger partial charge >= 0.3 is 6.36 Å². The Kier molecular flexibility index (Phi) is 3.58. The lowest BCUT2D eigenvalue weighted by Crippen LogP contribution is -2.17. The fourth-order valence-corrected chi connectivity index (χ4v) is 1.83. The fraction of sp³-hybridized carbons (Fsp3) is 0.143. The van der Waals surface area contributed by atoms with E-state index < -0.39 is 6.36 Å². The van der Waals surface area contributed by atoms with Crippen LogP contribution in [0.4, 0.5) is 19.2 Å². The van der Waals surface area contributed by atoms with Crippen molar-refractivity contribution in [3.8, 4) is 5.75 Å². The van der Waals surface area contributed by atoms with Crippen LogP contribution in [0.25, 0.3) is 11.2 Å². The first-order valence-electron chi connectivity index (χ1n) is 6.30. The van der Waals surface area contributed by atoms with Gasteiger partial charge in [0, 0.05) is 12.7 Å². The zero-order valence-corrected chi connectivity index (χ0v) is 11.1. The standard InChI is InChI=1S/C14H10F3N3O2/c15-14(16,17)22-10-5-3-9(4-6-10)8-19-13-20-12-11(21-13)2-1-7-18-12/h1-7H,8H2,(H,18,19,20). The van der Waals surface area contributed by atoms with Crippen LogP contribution in [0.2, 0.25) is 0 Å². The van der Waals surface area contributed by atoms with E-state index in [4.69, 9.17) is 4.42 Å². The third-order valence-corrected chi connectivity index (χ3v) is 2.77. The molecule has 2 aromatic heterocycles. The van der Waals surface area contributed by atoms with Crippen molar-refractivity contribution in [3.63, 3.8) is 0 Å². The van der Waals surface area contributed by atoms with Gasteiger partial charge in [0.25, 0.3) is 6.01 Å². The van der Waals surface area contributed by atoms with Crippen LogP contribution in [-0.4, -0.2) is 16.3 Å². The van der Waals surface area contributed by atoms with Crippen molar-refractivity contribution in [1.29, 1.82) is 0 Å². The number of fused-ring (bicyclic) bond motifs is 1. The van der Waals surface area contributed by atoms with Crippen molar-refractivity contribution in [2.45, 2.75) is 12.9 Å². The number of halogens is 3. The summed E-state index contributed by atoms with van der Waals surface area (Å²) in [6.07, 6.45) is -3.08. The molecule has 3 rings (SSSR count). The van der Waals surface area contributed by atoms with E-state index >= 15 is 0 Å². The van der Waals surface area contributed by atoms with Crippen LogP contribution in [0.15, 0.2) is 47.0 Å². The summed E-state index contributed by atoms with van der Waals surface area (Å²) >= 11 is 0. The quantitative estimate of drug-likeness (QED) is 0.795. The van der Waals surface area contributed by atoms with Gasteiger partial charge in [0.2, 0.25) is 5.65 Å². The summed E-state index contributed by atoms with van der Waals surface area (Å²) in [4.78, 5) is 8.17. The summed E-state index contributed by atoms with van der Waals surface area (Å²) in [5.41, 5.74) is 1.79. The van der Waals surface area contributed by atoms with E-state index in [0.29, 0.717) is 23.8 Å². The highest BCUT2D eigenvalue weighted by Gasteiger charge is 2.30. The van der Waals surface area contributed by atoms with E-state index in [2.05, 4.69) is 20.0 Å². The minimum absolute atomic E-state index is 0.262. The Labute approximate surface area is 122 Å². The maximum absolute atomic E-state index is 12.1. The molecule has 0 radical (unpaired) electrons. The average Bonchev–Trinajstić information content (AvgIpc) is 2.88. The topological polar surface area (TPSA) is 60.2 Å². The average molecular weight is 309 g/mol. The number of anilines is 1. The number of pyridine rings is 1. The third kappa shape index (κ3) is 3.46. The summed E-state index contributed by atoms with van der Waals surface area (Å²) in [6, 6.07) is 9.31. The Hall–Kier alpha value is -2.77. The first-order chi connectivity index (χ1) is 10.5. The molecule has 0 amide bonds. The molecule has 5 nitrogen and oxygen atoms in total. The number of alkyl halides is 3. The molecule has 0 atom stereocenters. The van der Waals surface area contributed by atoms with Crippen LogP contribution in [-0.2, 0) is 6.54 Å². The van der Waals surface area contributed by atoms with E-state index in [1.807, 2.05) is 0 Å². The van der Waals surface area contributed by atoms with E-state index in [-0.39, 0.29) is 5.75 Å². The van der Waals surface area contributed by atoms with Gasteiger partial charge in [0.05, 0.1) is 0 Å². The number of nitrogens with zero attached hydrogens (tertiary/aromatic N) is 2. The molecule has 0 bridgehead atoms. The minimum Gasteiger partial charge on any atom is -0.422 e. The molecule has 114 valence electrons. The van der Waals surface area contributed by atoms with E-state index in [1.165, 1.54) is 24.3 Å². The Morgan fingerprint density at radius 1 is 1.14 bits per heavy atom. The first kappa shape index (κ1) is 14.2. The van der Waals surface area contributed by atoms with Gasteiger partial charge in [-0.05, 0) is 29.8 Å². The largest absolute Gasteiger partial charge is 0.573 e. The molecule has 0 aliphatic carbocycles. The molecule has 0 aliphatic rings. The molecule has 8 heteroatoms. The maximum Gasteiger partial charge on any atom is 0.573 e. The Balaban J connectivity index is 1.63. The summed E-state index contributed by atoms with van der Waals surface area (Å²) in [5.74, 6) is -0.262. The number of oxazole rings is 1. The molecule has 0 saturated heterocycles. The highest BCUT2D eigenvalue weighted by Crippen LogP contribution is 2.23. The van der Waals surface area contributed by atoms with Gasteiger partial charge in [-0.3, -0.25) is 0 Å². The lowest BCUT2D eigenvalue weighted by Gasteiger charge is -2.09. The van der Waals surface area contributed by atoms with Crippen LogP contribution in [0, 0.1) is 0 Å². The molecule has 22 heavy (non-hydrogen) atoms. The fourth-order valence-electron chi connectivity index (χ4n) is 1.83. The van der Waals surface area contributed by atoms with Crippen molar-refractivity contribution >= 4 is 17.2 Å². The Morgan fingerprint density at radius 2 is 1.91 bits per heavy atom. The van der Waals surface area contributed by atoms with Crippen molar-refractivity contribution in [3.05, 3.63) is 48.2 Å². The van der Waals surface area contributed by atoms with E-state index in [0.717, 1.165) is 5.56 Å². The van der Waals surface area contributed by atoms with Crippen molar-refractivity contribution in [1.82, 2.24) is 9.97 Å². The molecule has 0 spiro atoms. The molecule has 2 heterocycles. The number of aromatic nitrogens is 2. The smallest absolute Gasteiger partial charge is 0.422 e. The lowest BCUT2D eigenvalue weighted by atomic mass is 10.2. The van der Waals surface area contributed by atoms with Gasteiger partial charge < -0.3 is 14.5 Å². The summed E-state index contributed by atoms with van der Waals surface area (Å²) < 4.78 is 45.4. The second kappa shape index (κ2) is 5.55. The summed E-state index contributed by atoms with van der Waals surface area (Å²) in [5, 5.41) is 2.94. The Bertz CT molecular complexity index is 736. The summed E-state index contributed by atoms with van der Waals surface area (Å²) in [6.45, 7) is 0.346. The second-order valence-electron chi connectivity index (χ2n) is 4.39. The monoisotopic (exact) mass is 309 g/mol. The SMILES string of the molecule is FC(F)(F)Oc1ccc(CNc2nc3ncccc3o2)cc1. The van der Waals surface area contributed by atoms with Crippen LogP contribution >= 0.6 is 0 Å². The van der Waals surface area contributed by atoms with Gasteiger partial charge in [-0.15, -0.1) is 13.2 Å². The first-order valence-corrected chi connectivity index (χ1v) is 6.30. The van der Waals surface area contributed by atoms with Crippen LogP contribution < -0.4 is 10.1 Å². The van der Waals surface area contributed by atoms with Crippen molar-refractivity contribution < 1.29 is 22.3 Å². The molecular formula is C14H10F3N3O2. The number of rotatable bonds is 4. The van der Waals surface area contributed by atoms with Gasteiger partial charge in [-0.2, -0.15) is 4.98 Å². The highest BCUT2D eigenvalue weighted by molar-refractivity contribution is 5.69. The van der Waals surface area contributed by atoms with E-state index in [1.54, 1.807) is 18.3 Å². The maximum atomic E-state index is 12.1. The molecule has 1 N–H and O–H groups in total. The molecule has 0 fully saturated rings. The molecule has 0 unspecified atom stereocenters.